The Labute approximate surface area is 114 Å². The summed E-state index contributed by atoms with van der Waals surface area (Å²) in [4.78, 5) is 14.1. The molecule has 19 heavy (non-hydrogen) atoms. The van der Waals surface area contributed by atoms with Crippen molar-refractivity contribution >= 4 is 5.97 Å². The zero-order chi connectivity index (χ0) is 13.5. The van der Waals surface area contributed by atoms with Crippen LogP contribution in [0.25, 0.3) is 0 Å². The number of ether oxygens (including phenoxy) is 2. The minimum atomic E-state index is -0.136. The van der Waals surface area contributed by atoms with Crippen LogP contribution in [0.15, 0.2) is 30.3 Å². The van der Waals surface area contributed by atoms with Gasteiger partial charge >= 0.3 is 5.97 Å². The number of rotatable bonds is 5. The van der Waals surface area contributed by atoms with E-state index in [0.717, 1.165) is 31.9 Å². The van der Waals surface area contributed by atoms with Gasteiger partial charge in [0, 0.05) is 19.1 Å². The predicted molar refractivity (Wildman–Crippen MR) is 72.8 cm³/mol. The van der Waals surface area contributed by atoms with Crippen LogP contribution in [0, 0.1) is 0 Å². The summed E-state index contributed by atoms with van der Waals surface area (Å²) in [5.74, 6) is -0.136. The summed E-state index contributed by atoms with van der Waals surface area (Å²) in [6.45, 7) is 5.45. The van der Waals surface area contributed by atoms with Gasteiger partial charge in [0.15, 0.2) is 0 Å². The quantitative estimate of drug-likeness (QED) is 0.762. The number of esters is 1. The molecule has 1 heterocycles. The number of benzene rings is 1. The van der Waals surface area contributed by atoms with Gasteiger partial charge in [-0.2, -0.15) is 0 Å². The summed E-state index contributed by atoms with van der Waals surface area (Å²) in [6, 6.07) is 10.2. The van der Waals surface area contributed by atoms with Crippen LogP contribution in [0.3, 0.4) is 0 Å². The van der Waals surface area contributed by atoms with Crippen molar-refractivity contribution in [3.05, 3.63) is 35.9 Å². The van der Waals surface area contributed by atoms with Gasteiger partial charge in [-0.15, -0.1) is 0 Å². The number of carbonyl (C=O) groups is 1. The average molecular weight is 263 g/mol. The number of hydrogen-bond acceptors (Lipinski definition) is 4. The maximum Gasteiger partial charge on any atom is 0.307 e. The van der Waals surface area contributed by atoms with Gasteiger partial charge in [-0.05, 0) is 12.5 Å². The lowest BCUT2D eigenvalue weighted by Crippen LogP contribution is -2.40. The molecule has 0 aromatic heterocycles. The van der Waals surface area contributed by atoms with Crippen LogP contribution >= 0.6 is 0 Å². The molecule has 1 aromatic rings. The van der Waals surface area contributed by atoms with E-state index in [1.165, 1.54) is 0 Å². The molecule has 0 bridgehead atoms. The second-order valence-corrected chi connectivity index (χ2v) is 4.58. The number of nitrogens with zero attached hydrogens (tertiary/aromatic N) is 1. The van der Waals surface area contributed by atoms with Crippen molar-refractivity contribution in [3.8, 4) is 0 Å². The lowest BCUT2D eigenvalue weighted by molar-refractivity contribution is -0.145. The Balaban J connectivity index is 2.10. The van der Waals surface area contributed by atoms with Crippen molar-refractivity contribution < 1.29 is 14.3 Å². The first kappa shape index (κ1) is 14.0. The highest BCUT2D eigenvalue weighted by molar-refractivity contribution is 5.70. The zero-order valence-electron chi connectivity index (χ0n) is 11.4. The Morgan fingerprint density at radius 2 is 2.00 bits per heavy atom. The van der Waals surface area contributed by atoms with Crippen molar-refractivity contribution in [3.63, 3.8) is 0 Å². The van der Waals surface area contributed by atoms with Gasteiger partial charge in [-0.3, -0.25) is 9.69 Å². The minimum Gasteiger partial charge on any atom is -0.466 e. The first-order valence-corrected chi connectivity index (χ1v) is 6.83. The van der Waals surface area contributed by atoms with E-state index in [4.69, 9.17) is 9.47 Å². The molecule has 0 radical (unpaired) electrons. The van der Waals surface area contributed by atoms with Crippen LogP contribution < -0.4 is 0 Å². The van der Waals surface area contributed by atoms with E-state index in [1.54, 1.807) is 0 Å². The maximum absolute atomic E-state index is 11.8. The van der Waals surface area contributed by atoms with Gasteiger partial charge in [0.2, 0.25) is 0 Å². The topological polar surface area (TPSA) is 38.8 Å². The Kier molecular flexibility index (Phi) is 5.36. The van der Waals surface area contributed by atoms with Crippen LogP contribution in [0.5, 0.6) is 0 Å². The standard InChI is InChI=1S/C15H21NO3/c1-2-19-15(17)12-14(13-6-4-3-5-7-13)16-8-10-18-11-9-16/h3-7,14H,2,8-12H2,1H3. The van der Waals surface area contributed by atoms with Gasteiger partial charge in [-0.25, -0.2) is 0 Å². The van der Waals surface area contributed by atoms with E-state index >= 15 is 0 Å². The second-order valence-electron chi connectivity index (χ2n) is 4.58. The van der Waals surface area contributed by atoms with Crippen LogP contribution in [0.1, 0.15) is 24.9 Å². The largest absolute Gasteiger partial charge is 0.466 e. The molecule has 1 fully saturated rings. The molecule has 1 aromatic carbocycles. The molecule has 104 valence electrons. The third-order valence-electron chi connectivity index (χ3n) is 3.34. The van der Waals surface area contributed by atoms with E-state index in [0.29, 0.717) is 13.0 Å². The lowest BCUT2D eigenvalue weighted by atomic mass is 10.0. The van der Waals surface area contributed by atoms with E-state index in [1.807, 2.05) is 25.1 Å². The summed E-state index contributed by atoms with van der Waals surface area (Å²) in [7, 11) is 0. The smallest absolute Gasteiger partial charge is 0.307 e. The summed E-state index contributed by atoms with van der Waals surface area (Å²) in [6.07, 6.45) is 0.401. The van der Waals surface area contributed by atoms with E-state index in [9.17, 15) is 4.79 Å². The van der Waals surface area contributed by atoms with Crippen LogP contribution in [-0.4, -0.2) is 43.8 Å². The van der Waals surface area contributed by atoms with E-state index < -0.39 is 0 Å². The summed E-state index contributed by atoms with van der Waals surface area (Å²) >= 11 is 0. The van der Waals surface area contributed by atoms with Gasteiger partial charge in [0.1, 0.15) is 0 Å². The molecule has 1 unspecified atom stereocenters. The van der Waals surface area contributed by atoms with Gasteiger partial charge in [0.25, 0.3) is 0 Å². The fourth-order valence-corrected chi connectivity index (χ4v) is 2.40. The van der Waals surface area contributed by atoms with Crippen LogP contribution in [0.2, 0.25) is 0 Å². The van der Waals surface area contributed by atoms with E-state index in [-0.39, 0.29) is 12.0 Å². The monoisotopic (exact) mass is 263 g/mol. The normalized spacial score (nSPS) is 17.9. The van der Waals surface area contributed by atoms with Crippen molar-refractivity contribution in [2.24, 2.45) is 0 Å². The van der Waals surface area contributed by atoms with Crippen molar-refractivity contribution in [1.82, 2.24) is 4.90 Å². The van der Waals surface area contributed by atoms with Gasteiger partial charge in [0.05, 0.1) is 26.2 Å². The van der Waals surface area contributed by atoms with Crippen molar-refractivity contribution in [2.75, 3.05) is 32.9 Å². The fraction of sp³-hybridized carbons (Fsp3) is 0.533. The molecule has 0 spiro atoms. The van der Waals surface area contributed by atoms with Crippen LogP contribution in [0.4, 0.5) is 0 Å². The number of carbonyl (C=O) groups excluding carboxylic acids is 1. The molecule has 1 aliphatic rings. The lowest BCUT2D eigenvalue weighted by Gasteiger charge is -2.34. The molecular formula is C15H21NO3. The first-order chi connectivity index (χ1) is 9.31. The Hall–Kier alpha value is -1.39. The maximum atomic E-state index is 11.8. The Morgan fingerprint density at radius 1 is 1.32 bits per heavy atom. The van der Waals surface area contributed by atoms with E-state index in [2.05, 4.69) is 17.0 Å². The van der Waals surface area contributed by atoms with Crippen molar-refractivity contribution in [1.29, 1.82) is 0 Å². The highest BCUT2D eigenvalue weighted by atomic mass is 16.5. The molecule has 1 atom stereocenters. The zero-order valence-corrected chi connectivity index (χ0v) is 11.4. The Morgan fingerprint density at radius 3 is 2.63 bits per heavy atom. The molecule has 1 saturated heterocycles. The molecule has 0 N–H and O–H groups in total. The Bertz CT molecular complexity index is 388. The highest BCUT2D eigenvalue weighted by Crippen LogP contribution is 2.25. The molecule has 2 rings (SSSR count). The third-order valence-corrected chi connectivity index (χ3v) is 3.34. The molecule has 0 aliphatic carbocycles. The number of morpholine rings is 1. The summed E-state index contributed by atoms with van der Waals surface area (Å²) < 4.78 is 10.5. The first-order valence-electron chi connectivity index (χ1n) is 6.83. The molecule has 0 amide bonds. The third kappa shape index (κ3) is 4.04. The van der Waals surface area contributed by atoms with Gasteiger partial charge < -0.3 is 9.47 Å². The molecular weight excluding hydrogens is 242 g/mol. The predicted octanol–water partition coefficient (Wildman–Crippen LogP) is 2.01. The van der Waals surface area contributed by atoms with Crippen LogP contribution in [-0.2, 0) is 14.3 Å². The molecule has 4 nitrogen and oxygen atoms in total. The van der Waals surface area contributed by atoms with Crippen molar-refractivity contribution in [2.45, 2.75) is 19.4 Å². The summed E-state index contributed by atoms with van der Waals surface area (Å²) in [5, 5.41) is 0. The SMILES string of the molecule is CCOC(=O)CC(c1ccccc1)N1CCOCC1. The average Bonchev–Trinajstić information content (AvgIpc) is 2.47. The molecule has 4 heteroatoms. The highest BCUT2D eigenvalue weighted by Gasteiger charge is 2.25. The van der Waals surface area contributed by atoms with Gasteiger partial charge in [-0.1, -0.05) is 30.3 Å². The summed E-state index contributed by atoms with van der Waals surface area (Å²) in [5.41, 5.74) is 1.16. The fourth-order valence-electron chi connectivity index (χ4n) is 2.40. The molecule has 1 aliphatic heterocycles. The molecule has 0 saturated carbocycles. The minimum absolute atomic E-state index is 0.0872. The number of hydrogen-bond donors (Lipinski definition) is 0. The second kappa shape index (κ2) is 7.26.